The highest BCUT2D eigenvalue weighted by Crippen LogP contribution is 2.27. The van der Waals surface area contributed by atoms with E-state index >= 15 is 0 Å². The molecule has 1 heterocycles. The van der Waals surface area contributed by atoms with Gasteiger partial charge in [0, 0.05) is 0 Å². The lowest BCUT2D eigenvalue weighted by Crippen LogP contribution is -2.05. The summed E-state index contributed by atoms with van der Waals surface area (Å²) in [7, 11) is 0. The smallest absolute Gasteiger partial charge is 0.201 e. The third kappa shape index (κ3) is 2.48. The number of furan rings is 1. The van der Waals surface area contributed by atoms with E-state index in [9.17, 15) is 4.79 Å². The normalized spacial score (nSPS) is 10.4. The lowest BCUT2D eigenvalue weighted by Gasteiger charge is -2.09. The Hall–Kier alpha value is -1.55. The van der Waals surface area contributed by atoms with E-state index in [1.165, 1.54) is 6.26 Å². The number of carbonyl (C=O) groups excluding carboxylic acids is 1. The second kappa shape index (κ2) is 5.40. The molecule has 0 spiro atoms. The minimum Gasteiger partial charge on any atom is -0.493 e. The first-order valence-electron chi connectivity index (χ1n) is 5.64. The number of carbonyl (C=O) groups is 1. The average molecular weight is 309 g/mol. The number of benzene rings is 1. The Morgan fingerprint density at radius 3 is 2.72 bits per heavy atom. The first-order valence-corrected chi connectivity index (χ1v) is 6.44. The van der Waals surface area contributed by atoms with Gasteiger partial charge in [-0.1, -0.05) is 11.6 Å². The van der Waals surface area contributed by atoms with E-state index in [0.717, 1.165) is 5.56 Å². The number of aryl methyl sites for hydroxylation is 1. The summed E-state index contributed by atoms with van der Waals surface area (Å²) in [5.41, 5.74) is 2.07. The lowest BCUT2D eigenvalue weighted by atomic mass is 10.0. The van der Waals surface area contributed by atoms with Gasteiger partial charge < -0.3 is 9.15 Å². The molecule has 0 atom stereocenters. The van der Waals surface area contributed by atoms with Gasteiger partial charge in [0.05, 0.1) is 24.0 Å². The van der Waals surface area contributed by atoms with Crippen molar-refractivity contribution in [3.05, 3.63) is 51.9 Å². The van der Waals surface area contributed by atoms with Crippen LogP contribution in [-0.4, -0.2) is 12.4 Å². The predicted molar refractivity (Wildman–Crippen MR) is 72.2 cm³/mol. The molecule has 0 aliphatic rings. The van der Waals surface area contributed by atoms with Gasteiger partial charge in [-0.2, -0.15) is 0 Å². The van der Waals surface area contributed by atoms with Gasteiger partial charge in [0.25, 0.3) is 0 Å². The fourth-order valence-corrected chi connectivity index (χ4v) is 2.12. The molecule has 1 aromatic carbocycles. The Kier molecular flexibility index (Phi) is 3.87. The maximum Gasteiger partial charge on any atom is 0.201 e. The molecule has 0 radical (unpaired) electrons. The van der Waals surface area contributed by atoms with Gasteiger partial charge >= 0.3 is 0 Å². The van der Waals surface area contributed by atoms with Crippen molar-refractivity contribution in [3.8, 4) is 5.75 Å². The van der Waals surface area contributed by atoms with Crippen LogP contribution < -0.4 is 4.74 Å². The van der Waals surface area contributed by atoms with E-state index in [2.05, 4.69) is 15.9 Å². The van der Waals surface area contributed by atoms with Crippen LogP contribution in [0.1, 0.15) is 28.4 Å². The molecule has 18 heavy (non-hydrogen) atoms. The highest BCUT2D eigenvalue weighted by atomic mass is 79.9. The number of ether oxygens (including phenoxy) is 1. The van der Waals surface area contributed by atoms with Crippen LogP contribution in [-0.2, 0) is 0 Å². The molecule has 2 aromatic rings. The molecule has 0 saturated heterocycles. The molecule has 3 nitrogen and oxygen atoms in total. The van der Waals surface area contributed by atoms with Crippen LogP contribution in [0.2, 0.25) is 0 Å². The number of hydrogen-bond donors (Lipinski definition) is 0. The van der Waals surface area contributed by atoms with Crippen molar-refractivity contribution >= 4 is 21.7 Å². The Morgan fingerprint density at radius 1 is 1.33 bits per heavy atom. The van der Waals surface area contributed by atoms with Crippen LogP contribution in [0.15, 0.2) is 39.6 Å². The zero-order valence-electron chi connectivity index (χ0n) is 10.2. The number of ketones is 1. The predicted octanol–water partition coefficient (Wildman–Crippen LogP) is 3.98. The largest absolute Gasteiger partial charge is 0.493 e. The van der Waals surface area contributed by atoms with Crippen LogP contribution in [0.3, 0.4) is 0 Å². The summed E-state index contributed by atoms with van der Waals surface area (Å²) in [5.74, 6) is 0.490. The number of halogens is 1. The van der Waals surface area contributed by atoms with E-state index in [-0.39, 0.29) is 5.78 Å². The van der Waals surface area contributed by atoms with Crippen molar-refractivity contribution in [2.45, 2.75) is 13.8 Å². The second-order valence-corrected chi connectivity index (χ2v) is 4.59. The topological polar surface area (TPSA) is 39.4 Å². The molecule has 0 N–H and O–H groups in total. The summed E-state index contributed by atoms with van der Waals surface area (Å²) in [6.07, 6.45) is 1.48. The quantitative estimate of drug-likeness (QED) is 0.802. The molecule has 1 aromatic heterocycles. The Labute approximate surface area is 114 Å². The molecule has 94 valence electrons. The fourth-order valence-electron chi connectivity index (χ4n) is 1.70. The Bertz CT molecular complexity index is 572. The monoisotopic (exact) mass is 308 g/mol. The Morgan fingerprint density at radius 2 is 2.11 bits per heavy atom. The lowest BCUT2D eigenvalue weighted by molar-refractivity contribution is 0.103. The van der Waals surface area contributed by atoms with Gasteiger partial charge in [0.2, 0.25) is 5.78 Å². The maximum atomic E-state index is 12.4. The van der Waals surface area contributed by atoms with E-state index in [1.54, 1.807) is 6.07 Å². The van der Waals surface area contributed by atoms with Crippen molar-refractivity contribution in [3.63, 3.8) is 0 Å². The SMILES string of the molecule is CCOc1ccc(C)cc1C(=O)c1ccoc1Br. The molecule has 0 aliphatic carbocycles. The molecule has 4 heteroatoms. The van der Waals surface area contributed by atoms with Crippen molar-refractivity contribution in [1.82, 2.24) is 0 Å². The number of rotatable bonds is 4. The van der Waals surface area contributed by atoms with E-state index in [4.69, 9.17) is 9.15 Å². The molecule has 0 amide bonds. The highest BCUT2D eigenvalue weighted by molar-refractivity contribution is 9.10. The molecule has 0 aliphatic heterocycles. The minimum absolute atomic E-state index is 0.109. The van der Waals surface area contributed by atoms with Crippen LogP contribution in [0, 0.1) is 6.92 Å². The highest BCUT2D eigenvalue weighted by Gasteiger charge is 2.19. The number of hydrogen-bond acceptors (Lipinski definition) is 3. The standard InChI is InChI=1S/C14H13BrO3/c1-3-17-12-5-4-9(2)8-11(12)13(16)10-6-7-18-14(10)15/h4-8H,3H2,1-2H3. The Balaban J connectivity index is 2.46. The summed E-state index contributed by atoms with van der Waals surface area (Å²) in [4.78, 5) is 12.4. The molecule has 0 saturated carbocycles. The van der Waals surface area contributed by atoms with Gasteiger partial charge in [-0.15, -0.1) is 0 Å². The molecule has 0 fully saturated rings. The molecular weight excluding hydrogens is 296 g/mol. The first kappa shape index (κ1) is 12.9. The van der Waals surface area contributed by atoms with Crippen LogP contribution >= 0.6 is 15.9 Å². The average Bonchev–Trinajstić information content (AvgIpc) is 2.77. The summed E-state index contributed by atoms with van der Waals surface area (Å²) in [5, 5.41) is 0. The van der Waals surface area contributed by atoms with Crippen molar-refractivity contribution < 1.29 is 13.9 Å². The van der Waals surface area contributed by atoms with Crippen LogP contribution in [0.4, 0.5) is 0 Å². The first-order chi connectivity index (χ1) is 8.63. The van der Waals surface area contributed by atoms with Gasteiger partial charge in [-0.05, 0) is 48.0 Å². The molecular formula is C14H13BrO3. The van der Waals surface area contributed by atoms with Gasteiger partial charge in [-0.25, -0.2) is 0 Å². The maximum absolute atomic E-state index is 12.4. The zero-order chi connectivity index (χ0) is 13.1. The van der Waals surface area contributed by atoms with Gasteiger partial charge in [-0.3, -0.25) is 4.79 Å². The molecule has 0 unspecified atom stereocenters. The third-order valence-corrected chi connectivity index (χ3v) is 3.16. The summed E-state index contributed by atoms with van der Waals surface area (Å²) >= 11 is 3.22. The van der Waals surface area contributed by atoms with Crippen LogP contribution in [0.5, 0.6) is 5.75 Å². The van der Waals surface area contributed by atoms with Crippen LogP contribution in [0.25, 0.3) is 0 Å². The van der Waals surface area contributed by atoms with Crippen molar-refractivity contribution in [2.24, 2.45) is 0 Å². The van der Waals surface area contributed by atoms with E-state index in [1.807, 2.05) is 32.0 Å². The van der Waals surface area contributed by atoms with Crippen molar-refractivity contribution in [1.29, 1.82) is 0 Å². The minimum atomic E-state index is -0.109. The van der Waals surface area contributed by atoms with Gasteiger partial charge in [0.1, 0.15) is 5.75 Å². The second-order valence-electron chi connectivity index (χ2n) is 3.87. The molecule has 2 rings (SSSR count). The van der Waals surface area contributed by atoms with Gasteiger partial charge in [0.15, 0.2) is 4.67 Å². The summed E-state index contributed by atoms with van der Waals surface area (Å²) in [6, 6.07) is 7.21. The molecule has 0 bridgehead atoms. The van der Waals surface area contributed by atoms with E-state index < -0.39 is 0 Å². The summed E-state index contributed by atoms with van der Waals surface area (Å²) < 4.78 is 11.0. The fraction of sp³-hybridized carbons (Fsp3) is 0.214. The van der Waals surface area contributed by atoms with Crippen molar-refractivity contribution in [2.75, 3.05) is 6.61 Å². The zero-order valence-corrected chi connectivity index (χ0v) is 11.8. The van der Waals surface area contributed by atoms with E-state index in [0.29, 0.717) is 28.2 Å². The summed E-state index contributed by atoms with van der Waals surface area (Å²) in [6.45, 7) is 4.36. The third-order valence-electron chi connectivity index (χ3n) is 2.54.